The van der Waals surface area contributed by atoms with Crippen molar-refractivity contribution in [2.24, 2.45) is 0 Å². The van der Waals surface area contributed by atoms with Gasteiger partial charge in [0, 0.05) is 7.05 Å². The highest BCUT2D eigenvalue weighted by Gasteiger charge is 2.25. The Bertz CT molecular complexity index is 343. The van der Waals surface area contributed by atoms with Crippen molar-refractivity contribution in [1.82, 2.24) is 0 Å². The Hall–Kier alpha value is -0.740. The molecule has 14 heavy (non-hydrogen) atoms. The van der Waals surface area contributed by atoms with E-state index in [2.05, 4.69) is 15.9 Å². The molecule has 0 spiro atoms. The van der Waals surface area contributed by atoms with Crippen LogP contribution in [0.25, 0.3) is 0 Å². The van der Waals surface area contributed by atoms with Gasteiger partial charge in [0.2, 0.25) is 0 Å². The fraction of sp³-hybridized carbons (Fsp3) is 0.400. The van der Waals surface area contributed by atoms with Gasteiger partial charge < -0.3 is 14.7 Å². The standard InChI is InChI=1S/C10H12BrNO2/c1-12-7(5-13)6-14-10-8(11)3-2-4-9(10)12/h2-4,7,13H,5-6H2,1H3. The molecule has 1 unspecified atom stereocenters. The number of anilines is 1. The molecular formula is C10H12BrNO2. The normalized spacial score (nSPS) is 20.2. The second-order valence-corrected chi connectivity index (χ2v) is 4.20. The molecule has 76 valence electrons. The van der Waals surface area contributed by atoms with E-state index in [-0.39, 0.29) is 12.6 Å². The Labute approximate surface area is 91.4 Å². The SMILES string of the molecule is CN1c2cccc(Br)c2OCC1CO. The zero-order valence-electron chi connectivity index (χ0n) is 7.90. The van der Waals surface area contributed by atoms with Gasteiger partial charge in [0.1, 0.15) is 6.61 Å². The molecule has 1 atom stereocenters. The summed E-state index contributed by atoms with van der Waals surface area (Å²) in [6.45, 7) is 0.644. The van der Waals surface area contributed by atoms with E-state index in [0.29, 0.717) is 6.61 Å². The summed E-state index contributed by atoms with van der Waals surface area (Å²) in [5, 5.41) is 9.12. The summed E-state index contributed by atoms with van der Waals surface area (Å²) in [4.78, 5) is 2.05. The Balaban J connectivity index is 2.41. The van der Waals surface area contributed by atoms with Gasteiger partial charge in [0.05, 0.1) is 22.8 Å². The fourth-order valence-electron chi connectivity index (χ4n) is 1.58. The summed E-state index contributed by atoms with van der Waals surface area (Å²) < 4.78 is 6.54. The topological polar surface area (TPSA) is 32.7 Å². The first-order chi connectivity index (χ1) is 6.74. The first-order valence-corrected chi connectivity index (χ1v) is 5.28. The maximum atomic E-state index is 9.12. The number of likely N-dealkylation sites (N-methyl/N-ethyl adjacent to an activating group) is 1. The molecule has 0 aliphatic carbocycles. The van der Waals surface area contributed by atoms with Crippen LogP contribution in [0.2, 0.25) is 0 Å². The number of ether oxygens (including phenoxy) is 1. The molecule has 1 N–H and O–H groups in total. The van der Waals surface area contributed by atoms with Gasteiger partial charge in [0.15, 0.2) is 5.75 Å². The minimum Gasteiger partial charge on any atom is -0.488 e. The summed E-state index contributed by atoms with van der Waals surface area (Å²) >= 11 is 3.44. The van der Waals surface area contributed by atoms with Gasteiger partial charge in [-0.2, -0.15) is 0 Å². The highest BCUT2D eigenvalue weighted by Crippen LogP contribution is 2.38. The molecule has 4 heteroatoms. The van der Waals surface area contributed by atoms with Gasteiger partial charge in [-0.3, -0.25) is 0 Å². The smallest absolute Gasteiger partial charge is 0.156 e. The third kappa shape index (κ3) is 1.48. The van der Waals surface area contributed by atoms with E-state index in [9.17, 15) is 0 Å². The van der Waals surface area contributed by atoms with E-state index in [1.54, 1.807) is 0 Å². The van der Waals surface area contributed by atoms with Crippen LogP contribution in [0.5, 0.6) is 5.75 Å². The molecule has 0 bridgehead atoms. The van der Waals surface area contributed by atoms with E-state index in [4.69, 9.17) is 9.84 Å². The summed E-state index contributed by atoms with van der Waals surface area (Å²) in [5.74, 6) is 0.861. The highest BCUT2D eigenvalue weighted by atomic mass is 79.9. The number of benzene rings is 1. The monoisotopic (exact) mass is 257 g/mol. The molecule has 2 rings (SSSR count). The van der Waals surface area contributed by atoms with Crippen molar-refractivity contribution < 1.29 is 9.84 Å². The highest BCUT2D eigenvalue weighted by molar-refractivity contribution is 9.10. The van der Waals surface area contributed by atoms with Gasteiger partial charge in [-0.1, -0.05) is 6.07 Å². The van der Waals surface area contributed by atoms with Crippen LogP contribution in [-0.4, -0.2) is 31.4 Å². The second kappa shape index (κ2) is 3.79. The van der Waals surface area contributed by atoms with Crippen LogP contribution in [0, 0.1) is 0 Å². The molecule has 1 aromatic carbocycles. The molecule has 0 radical (unpaired) electrons. The third-order valence-electron chi connectivity index (χ3n) is 2.50. The number of hydrogen-bond acceptors (Lipinski definition) is 3. The second-order valence-electron chi connectivity index (χ2n) is 3.35. The summed E-state index contributed by atoms with van der Waals surface area (Å²) in [6.07, 6.45) is 0. The predicted octanol–water partition coefficient (Wildman–Crippen LogP) is 1.64. The van der Waals surface area contributed by atoms with Crippen molar-refractivity contribution in [2.75, 3.05) is 25.2 Å². The van der Waals surface area contributed by atoms with Crippen molar-refractivity contribution in [3.05, 3.63) is 22.7 Å². The molecule has 3 nitrogen and oxygen atoms in total. The lowest BCUT2D eigenvalue weighted by Crippen LogP contribution is -2.42. The lowest BCUT2D eigenvalue weighted by Gasteiger charge is -2.35. The average molecular weight is 258 g/mol. The minimum atomic E-state index is 0.0526. The van der Waals surface area contributed by atoms with Gasteiger partial charge in [-0.25, -0.2) is 0 Å². The fourth-order valence-corrected chi connectivity index (χ4v) is 2.05. The van der Waals surface area contributed by atoms with Crippen LogP contribution >= 0.6 is 15.9 Å². The Morgan fingerprint density at radius 2 is 2.43 bits per heavy atom. The predicted molar refractivity (Wildman–Crippen MR) is 58.9 cm³/mol. The van der Waals surface area contributed by atoms with E-state index >= 15 is 0 Å². The number of fused-ring (bicyclic) bond motifs is 1. The number of para-hydroxylation sites is 1. The van der Waals surface area contributed by atoms with Crippen molar-refractivity contribution in [3.8, 4) is 5.75 Å². The van der Waals surface area contributed by atoms with Crippen molar-refractivity contribution in [3.63, 3.8) is 0 Å². The third-order valence-corrected chi connectivity index (χ3v) is 3.13. The van der Waals surface area contributed by atoms with Crippen LogP contribution in [0.4, 0.5) is 5.69 Å². The number of hydrogen-bond donors (Lipinski definition) is 1. The van der Waals surface area contributed by atoms with Gasteiger partial charge in [-0.05, 0) is 28.1 Å². The van der Waals surface area contributed by atoms with Gasteiger partial charge >= 0.3 is 0 Å². The molecule has 1 aliphatic heterocycles. The van der Waals surface area contributed by atoms with E-state index in [0.717, 1.165) is 15.9 Å². The first-order valence-electron chi connectivity index (χ1n) is 4.49. The summed E-state index contributed by atoms with van der Waals surface area (Å²) in [7, 11) is 1.97. The lowest BCUT2D eigenvalue weighted by atomic mass is 10.2. The average Bonchev–Trinajstić information content (AvgIpc) is 2.20. The molecule has 0 fully saturated rings. The lowest BCUT2D eigenvalue weighted by molar-refractivity contribution is 0.190. The quantitative estimate of drug-likeness (QED) is 0.831. The van der Waals surface area contributed by atoms with Crippen molar-refractivity contribution >= 4 is 21.6 Å². The molecule has 0 saturated heterocycles. The Morgan fingerprint density at radius 1 is 1.64 bits per heavy atom. The van der Waals surface area contributed by atoms with Crippen LogP contribution in [0.1, 0.15) is 0 Å². The molecular weight excluding hydrogens is 246 g/mol. The van der Waals surface area contributed by atoms with Crippen molar-refractivity contribution in [1.29, 1.82) is 0 Å². The zero-order valence-corrected chi connectivity index (χ0v) is 9.49. The van der Waals surface area contributed by atoms with Crippen LogP contribution in [-0.2, 0) is 0 Å². The number of rotatable bonds is 1. The molecule has 0 amide bonds. The molecule has 1 aliphatic rings. The van der Waals surface area contributed by atoms with E-state index < -0.39 is 0 Å². The largest absolute Gasteiger partial charge is 0.488 e. The Kier molecular flexibility index (Phi) is 2.65. The zero-order chi connectivity index (χ0) is 10.1. The van der Waals surface area contributed by atoms with Crippen LogP contribution < -0.4 is 9.64 Å². The molecule has 0 aromatic heterocycles. The summed E-state index contributed by atoms with van der Waals surface area (Å²) in [5.41, 5.74) is 1.02. The number of halogens is 1. The van der Waals surface area contributed by atoms with Crippen LogP contribution in [0.3, 0.4) is 0 Å². The summed E-state index contributed by atoms with van der Waals surface area (Å²) in [6, 6.07) is 5.95. The number of aliphatic hydroxyl groups is 1. The van der Waals surface area contributed by atoms with E-state index in [1.807, 2.05) is 30.1 Å². The van der Waals surface area contributed by atoms with Crippen molar-refractivity contribution in [2.45, 2.75) is 6.04 Å². The molecule has 0 saturated carbocycles. The van der Waals surface area contributed by atoms with Gasteiger partial charge in [-0.15, -0.1) is 0 Å². The van der Waals surface area contributed by atoms with Crippen LogP contribution in [0.15, 0.2) is 22.7 Å². The molecule has 1 aromatic rings. The number of aliphatic hydroxyl groups excluding tert-OH is 1. The number of nitrogens with zero attached hydrogens (tertiary/aromatic N) is 1. The Morgan fingerprint density at radius 3 is 3.14 bits per heavy atom. The van der Waals surface area contributed by atoms with Gasteiger partial charge in [0.25, 0.3) is 0 Å². The molecule has 1 heterocycles. The first kappa shape index (κ1) is 9.80. The van der Waals surface area contributed by atoms with E-state index in [1.165, 1.54) is 0 Å². The minimum absolute atomic E-state index is 0.0526. The maximum Gasteiger partial charge on any atom is 0.156 e. The maximum absolute atomic E-state index is 9.12.